The summed E-state index contributed by atoms with van der Waals surface area (Å²) in [6.45, 7) is 10.2. The van der Waals surface area contributed by atoms with Gasteiger partial charge in [-0.05, 0) is 25.5 Å². The van der Waals surface area contributed by atoms with E-state index in [2.05, 4.69) is 25.4 Å². The Balaban J connectivity index is 1.52. The van der Waals surface area contributed by atoms with Gasteiger partial charge in [-0.1, -0.05) is 19.8 Å². The topological polar surface area (TPSA) is 133 Å². The van der Waals surface area contributed by atoms with E-state index in [4.69, 9.17) is 9.47 Å². The molecule has 0 aliphatic carbocycles. The van der Waals surface area contributed by atoms with Crippen LogP contribution >= 0.6 is 0 Å². The number of hydrogen-bond acceptors (Lipinski definition) is 11. The molecule has 0 bridgehead atoms. The summed E-state index contributed by atoms with van der Waals surface area (Å²) < 4.78 is 40.7. The first-order chi connectivity index (χ1) is 19.3. The Hall–Kier alpha value is -2.42. The second-order valence-electron chi connectivity index (χ2n) is 10.4. The van der Waals surface area contributed by atoms with Crippen molar-refractivity contribution in [3.63, 3.8) is 0 Å². The zero-order chi connectivity index (χ0) is 28.5. The molecule has 2 unspecified atom stereocenters. The van der Waals surface area contributed by atoms with Crippen LogP contribution in [0.1, 0.15) is 33.1 Å². The van der Waals surface area contributed by atoms with Crippen LogP contribution in [-0.2, 0) is 19.5 Å². The van der Waals surface area contributed by atoms with E-state index in [1.54, 1.807) is 28.8 Å². The van der Waals surface area contributed by atoms with Crippen LogP contribution in [0.25, 0.3) is 0 Å². The summed E-state index contributed by atoms with van der Waals surface area (Å²) in [5.74, 6) is -0.182. The minimum atomic E-state index is -3.76. The summed E-state index contributed by atoms with van der Waals surface area (Å²) in [4.78, 5) is 33.3. The quantitative estimate of drug-likeness (QED) is 0.294. The van der Waals surface area contributed by atoms with Gasteiger partial charge in [-0.2, -0.15) is 4.31 Å². The monoisotopic (exact) mass is 578 g/mol. The van der Waals surface area contributed by atoms with Gasteiger partial charge in [-0.3, -0.25) is 24.4 Å². The van der Waals surface area contributed by atoms with Crippen molar-refractivity contribution in [1.82, 2.24) is 19.1 Å². The number of hydrogen-bond donors (Lipinski definition) is 2. The van der Waals surface area contributed by atoms with Gasteiger partial charge in [0.25, 0.3) is 10.9 Å². The largest absolute Gasteiger partial charge is 0.379 e. The second kappa shape index (κ2) is 14.5. The van der Waals surface area contributed by atoms with Gasteiger partial charge >= 0.3 is 0 Å². The van der Waals surface area contributed by atoms with Crippen LogP contribution in [0.3, 0.4) is 0 Å². The van der Waals surface area contributed by atoms with E-state index < -0.39 is 26.9 Å². The zero-order valence-electron chi connectivity index (χ0n) is 23.5. The van der Waals surface area contributed by atoms with Gasteiger partial charge in [0.05, 0.1) is 38.3 Å². The first kappa shape index (κ1) is 30.5. The highest BCUT2D eigenvalue weighted by atomic mass is 32.2. The summed E-state index contributed by atoms with van der Waals surface area (Å²) >= 11 is 0. The average molecular weight is 579 g/mol. The number of nitrogens with one attached hydrogen (secondary N) is 2. The maximum Gasteiger partial charge on any atom is 0.253 e. The number of nitrogens with zero attached hydrogens (tertiary/aromatic N) is 4. The summed E-state index contributed by atoms with van der Waals surface area (Å²) in [5.41, 5.74) is -0.345. The Kier molecular flexibility index (Phi) is 11.0. The molecule has 2 fully saturated rings. The maximum absolute atomic E-state index is 14.1. The molecule has 0 radical (unpaired) electrons. The smallest absolute Gasteiger partial charge is 0.253 e. The van der Waals surface area contributed by atoms with Crippen LogP contribution in [0.15, 0.2) is 34.1 Å². The van der Waals surface area contributed by atoms with Crippen LogP contribution in [-0.4, -0.2) is 111 Å². The maximum atomic E-state index is 14.1. The number of morpholine rings is 2. The first-order valence-corrected chi connectivity index (χ1v) is 15.8. The van der Waals surface area contributed by atoms with Crippen molar-refractivity contribution < 1.29 is 17.9 Å². The van der Waals surface area contributed by atoms with Crippen molar-refractivity contribution in [2.75, 3.05) is 82.1 Å². The number of aromatic nitrogens is 1. The molecule has 2 aliphatic rings. The Labute approximate surface area is 236 Å². The summed E-state index contributed by atoms with van der Waals surface area (Å²) in [6, 6.07) is 2.85. The summed E-state index contributed by atoms with van der Waals surface area (Å²) in [5, 5.41) is 6.12. The third-order valence-electron chi connectivity index (χ3n) is 7.61. The highest BCUT2D eigenvalue weighted by molar-refractivity contribution is 7.89. The lowest BCUT2D eigenvalue weighted by molar-refractivity contribution is -0.00972. The fourth-order valence-corrected chi connectivity index (χ4v) is 7.09. The molecule has 12 nitrogen and oxygen atoms in total. The molecule has 0 spiro atoms. The molecule has 4 rings (SSSR count). The van der Waals surface area contributed by atoms with Gasteiger partial charge < -0.3 is 20.1 Å². The number of rotatable bonds is 15. The molecule has 1 aromatic carbocycles. The molecule has 0 saturated carbocycles. The number of pyridine rings is 1. The van der Waals surface area contributed by atoms with Crippen molar-refractivity contribution >= 4 is 27.1 Å². The highest BCUT2D eigenvalue weighted by Crippen LogP contribution is 2.23. The average Bonchev–Trinajstić information content (AvgIpc) is 2.98. The number of anilines is 3. The zero-order valence-corrected chi connectivity index (χ0v) is 24.3. The van der Waals surface area contributed by atoms with Crippen LogP contribution in [0.2, 0.25) is 0 Å². The molecular weight excluding hydrogens is 536 g/mol. The fraction of sp³-hybridized carbons (Fsp3) is 0.667. The number of unbranched alkanes of at least 4 members (excludes halogenated alkanes) is 1. The van der Waals surface area contributed by atoms with Crippen molar-refractivity contribution in [3.05, 3.63) is 45.0 Å². The van der Waals surface area contributed by atoms with Gasteiger partial charge in [-0.25, -0.2) is 8.42 Å². The summed E-state index contributed by atoms with van der Waals surface area (Å²) in [7, 11) is -3.76. The molecule has 2 atom stereocenters. The van der Waals surface area contributed by atoms with E-state index in [1.807, 2.05) is 13.8 Å². The van der Waals surface area contributed by atoms with Crippen molar-refractivity contribution in [2.24, 2.45) is 0 Å². The number of sulfonamides is 1. The van der Waals surface area contributed by atoms with E-state index in [0.29, 0.717) is 64.7 Å². The minimum absolute atomic E-state index is 0.138. The summed E-state index contributed by atoms with van der Waals surface area (Å²) in [6.07, 6.45) is 5.03. The molecule has 2 N–H and O–H groups in total. The van der Waals surface area contributed by atoms with Gasteiger partial charge in [0.1, 0.15) is 11.4 Å². The fourth-order valence-electron chi connectivity index (χ4n) is 5.19. The predicted molar refractivity (Wildman–Crippen MR) is 155 cm³/mol. The first-order valence-electron chi connectivity index (χ1n) is 14.2. The van der Waals surface area contributed by atoms with Gasteiger partial charge in [0.15, 0.2) is 0 Å². The molecule has 222 valence electrons. The van der Waals surface area contributed by atoms with E-state index in [-0.39, 0.29) is 23.3 Å². The van der Waals surface area contributed by atoms with E-state index in [0.717, 1.165) is 25.9 Å². The van der Waals surface area contributed by atoms with Gasteiger partial charge in [-0.15, -0.1) is 0 Å². The van der Waals surface area contributed by atoms with Crippen LogP contribution in [0.5, 0.6) is 0 Å². The molecular formula is C27H42N6O6S. The number of ether oxygens (including phenoxy) is 2. The van der Waals surface area contributed by atoms with Crippen molar-refractivity contribution in [1.29, 1.82) is 0 Å². The van der Waals surface area contributed by atoms with Crippen molar-refractivity contribution in [3.8, 4) is 0 Å². The van der Waals surface area contributed by atoms with E-state index in [1.165, 1.54) is 0 Å². The minimum Gasteiger partial charge on any atom is -0.379 e. The lowest BCUT2D eigenvalue weighted by Gasteiger charge is -2.40. The highest BCUT2D eigenvalue weighted by Gasteiger charge is 2.35. The molecule has 40 heavy (non-hydrogen) atoms. The van der Waals surface area contributed by atoms with Gasteiger partial charge in [0, 0.05) is 63.4 Å². The third-order valence-corrected chi connectivity index (χ3v) is 9.64. The predicted octanol–water partition coefficient (Wildman–Crippen LogP) is 1.03. The van der Waals surface area contributed by atoms with Crippen LogP contribution < -0.4 is 21.5 Å². The lowest BCUT2D eigenvalue weighted by Crippen LogP contribution is -2.56. The molecule has 2 aromatic rings. The molecule has 2 saturated heterocycles. The molecule has 2 aliphatic heterocycles. The Morgan fingerprint density at radius 3 is 2.27 bits per heavy atom. The SMILES string of the molecule is CCCCC(CS(=O)(=O)N(CCN1CCOCC1)C(C)N1CCOCC1)Nc1c(Nc2ccncc2)c(=O)c1=O. The Bertz CT molecular complexity index is 1240. The Morgan fingerprint density at radius 2 is 1.62 bits per heavy atom. The molecule has 1 aromatic heterocycles. The van der Waals surface area contributed by atoms with Crippen LogP contribution in [0.4, 0.5) is 17.1 Å². The third kappa shape index (κ3) is 7.86. The lowest BCUT2D eigenvalue weighted by atomic mass is 10.1. The molecule has 0 amide bonds. The standard InChI is InChI=1S/C27H42N6O6S/c1-3-4-5-23(30-25-24(26(34)27(25)35)29-22-6-8-28-9-7-22)20-40(36,37)33(11-10-31-12-16-38-17-13-31)21(2)32-14-18-39-19-15-32/h6-9,21,23,30H,3-5,10-20H2,1-2H3,(H,28,29). The second-order valence-corrected chi connectivity index (χ2v) is 12.3. The van der Waals surface area contributed by atoms with E-state index in [9.17, 15) is 18.0 Å². The molecule has 13 heteroatoms. The Morgan fingerprint density at radius 1 is 1.00 bits per heavy atom. The van der Waals surface area contributed by atoms with Gasteiger partial charge in [0.2, 0.25) is 10.0 Å². The molecule has 3 heterocycles. The van der Waals surface area contributed by atoms with Crippen LogP contribution in [0, 0.1) is 0 Å². The normalized spacial score (nSPS) is 19.1. The van der Waals surface area contributed by atoms with Crippen molar-refractivity contribution in [2.45, 2.75) is 45.3 Å². The van der Waals surface area contributed by atoms with E-state index >= 15 is 0 Å².